The van der Waals surface area contributed by atoms with Crippen LogP contribution in [0.4, 0.5) is 0 Å². The SMILES string of the molecule is COc1ccc(Br)cc1/C=C/C(=O)N1CCC(O)C(C)C1. The third-order valence-corrected chi connectivity index (χ3v) is 4.26. The topological polar surface area (TPSA) is 49.8 Å². The molecule has 1 aliphatic rings. The zero-order valence-corrected chi connectivity index (χ0v) is 13.8. The van der Waals surface area contributed by atoms with Crippen LogP contribution in [-0.2, 0) is 4.79 Å². The molecule has 1 fully saturated rings. The molecule has 21 heavy (non-hydrogen) atoms. The first-order valence-corrected chi connectivity index (χ1v) is 7.79. The van der Waals surface area contributed by atoms with Gasteiger partial charge in [0.1, 0.15) is 5.75 Å². The van der Waals surface area contributed by atoms with Crippen LogP contribution in [0.15, 0.2) is 28.7 Å². The van der Waals surface area contributed by atoms with Crippen LogP contribution >= 0.6 is 15.9 Å². The number of piperidine rings is 1. The van der Waals surface area contributed by atoms with E-state index in [1.165, 1.54) is 0 Å². The van der Waals surface area contributed by atoms with Crippen LogP contribution in [0, 0.1) is 5.92 Å². The molecule has 5 heteroatoms. The number of carbonyl (C=O) groups excluding carboxylic acids is 1. The molecule has 0 aliphatic carbocycles. The molecule has 2 rings (SSSR count). The number of carbonyl (C=O) groups is 1. The number of hydrogen-bond acceptors (Lipinski definition) is 3. The Balaban J connectivity index is 2.07. The van der Waals surface area contributed by atoms with Crippen molar-refractivity contribution in [1.82, 2.24) is 4.90 Å². The van der Waals surface area contributed by atoms with Gasteiger partial charge in [0.25, 0.3) is 0 Å². The van der Waals surface area contributed by atoms with Crippen molar-refractivity contribution in [3.05, 3.63) is 34.3 Å². The van der Waals surface area contributed by atoms with Crippen LogP contribution < -0.4 is 4.74 Å². The fourth-order valence-electron chi connectivity index (χ4n) is 2.44. The Morgan fingerprint density at radius 3 is 2.95 bits per heavy atom. The quantitative estimate of drug-likeness (QED) is 0.850. The summed E-state index contributed by atoms with van der Waals surface area (Å²) >= 11 is 3.41. The van der Waals surface area contributed by atoms with Crippen LogP contribution in [0.2, 0.25) is 0 Å². The van der Waals surface area contributed by atoms with E-state index in [4.69, 9.17) is 4.74 Å². The van der Waals surface area contributed by atoms with E-state index in [9.17, 15) is 9.90 Å². The number of nitrogens with zero attached hydrogens (tertiary/aromatic N) is 1. The standard InChI is InChI=1S/C16H20BrNO3/c1-11-10-18(8-7-14(11)19)16(20)6-3-12-9-13(17)4-5-15(12)21-2/h3-6,9,11,14,19H,7-8,10H2,1-2H3/b6-3+. The third kappa shape index (κ3) is 4.08. The largest absolute Gasteiger partial charge is 0.496 e. The van der Waals surface area contributed by atoms with E-state index >= 15 is 0 Å². The van der Waals surface area contributed by atoms with E-state index in [2.05, 4.69) is 15.9 Å². The molecule has 1 amide bonds. The van der Waals surface area contributed by atoms with E-state index in [-0.39, 0.29) is 17.9 Å². The molecule has 0 radical (unpaired) electrons. The summed E-state index contributed by atoms with van der Waals surface area (Å²) < 4.78 is 6.21. The first-order chi connectivity index (χ1) is 10.0. The molecule has 4 nitrogen and oxygen atoms in total. The predicted octanol–water partition coefficient (Wildman–Crippen LogP) is 2.70. The van der Waals surface area contributed by atoms with Crippen molar-refractivity contribution < 1.29 is 14.6 Å². The van der Waals surface area contributed by atoms with E-state index < -0.39 is 0 Å². The van der Waals surface area contributed by atoms with Gasteiger partial charge in [-0.25, -0.2) is 0 Å². The summed E-state index contributed by atoms with van der Waals surface area (Å²) in [5.41, 5.74) is 0.852. The van der Waals surface area contributed by atoms with Crippen molar-refractivity contribution in [2.24, 2.45) is 5.92 Å². The van der Waals surface area contributed by atoms with Crippen LogP contribution in [-0.4, -0.2) is 42.2 Å². The first-order valence-electron chi connectivity index (χ1n) is 7.00. The van der Waals surface area contributed by atoms with Crippen molar-refractivity contribution >= 4 is 27.9 Å². The molecule has 114 valence electrons. The summed E-state index contributed by atoms with van der Waals surface area (Å²) in [6, 6.07) is 5.66. The summed E-state index contributed by atoms with van der Waals surface area (Å²) in [7, 11) is 1.61. The highest BCUT2D eigenvalue weighted by molar-refractivity contribution is 9.10. The molecule has 1 aliphatic heterocycles. The van der Waals surface area contributed by atoms with Crippen LogP contribution in [0.1, 0.15) is 18.9 Å². The molecule has 1 heterocycles. The summed E-state index contributed by atoms with van der Waals surface area (Å²) in [6.07, 6.45) is 3.67. The van der Waals surface area contributed by atoms with Gasteiger partial charge in [-0.15, -0.1) is 0 Å². The van der Waals surface area contributed by atoms with Gasteiger partial charge in [-0.2, -0.15) is 0 Å². The van der Waals surface area contributed by atoms with Gasteiger partial charge in [-0.3, -0.25) is 4.79 Å². The van der Waals surface area contributed by atoms with E-state index in [1.54, 1.807) is 24.2 Å². The molecule has 0 saturated carbocycles. The van der Waals surface area contributed by atoms with Crippen molar-refractivity contribution in [2.45, 2.75) is 19.4 Å². The summed E-state index contributed by atoms with van der Waals surface area (Å²) in [6.45, 7) is 3.16. The zero-order valence-electron chi connectivity index (χ0n) is 12.3. The number of rotatable bonds is 3. The van der Waals surface area contributed by atoms with Crippen LogP contribution in [0.25, 0.3) is 6.08 Å². The average Bonchev–Trinajstić information content (AvgIpc) is 2.47. The Labute approximate surface area is 133 Å². The number of aliphatic hydroxyl groups is 1. The second-order valence-electron chi connectivity index (χ2n) is 5.34. The lowest BCUT2D eigenvalue weighted by molar-refractivity contribution is -0.129. The zero-order chi connectivity index (χ0) is 15.4. The third-order valence-electron chi connectivity index (χ3n) is 3.77. The van der Waals surface area contributed by atoms with Crippen molar-refractivity contribution in [3.8, 4) is 5.75 Å². The molecule has 2 atom stereocenters. The molecule has 1 N–H and O–H groups in total. The maximum atomic E-state index is 12.2. The van der Waals surface area contributed by atoms with Crippen LogP contribution in [0.5, 0.6) is 5.75 Å². The molecule has 0 aromatic heterocycles. The molecule has 1 aromatic rings. The Morgan fingerprint density at radius 1 is 1.52 bits per heavy atom. The number of likely N-dealkylation sites (tertiary alicyclic amines) is 1. The van der Waals surface area contributed by atoms with Gasteiger partial charge in [0.15, 0.2) is 0 Å². The molecular weight excluding hydrogens is 334 g/mol. The van der Waals surface area contributed by atoms with Gasteiger partial charge < -0.3 is 14.7 Å². The Kier molecular flexibility index (Phi) is 5.42. The van der Waals surface area contributed by atoms with E-state index in [1.807, 2.05) is 25.1 Å². The van der Waals surface area contributed by atoms with Gasteiger partial charge in [0.05, 0.1) is 13.2 Å². The Bertz CT molecular complexity index is 544. The monoisotopic (exact) mass is 353 g/mol. The summed E-state index contributed by atoms with van der Waals surface area (Å²) in [4.78, 5) is 14.0. The average molecular weight is 354 g/mol. The van der Waals surface area contributed by atoms with Gasteiger partial charge in [-0.05, 0) is 36.6 Å². The van der Waals surface area contributed by atoms with E-state index in [0.717, 1.165) is 15.8 Å². The van der Waals surface area contributed by atoms with E-state index in [0.29, 0.717) is 19.5 Å². The molecular formula is C16H20BrNO3. The normalized spacial score (nSPS) is 22.6. The van der Waals surface area contributed by atoms with Crippen molar-refractivity contribution in [1.29, 1.82) is 0 Å². The van der Waals surface area contributed by atoms with Gasteiger partial charge in [0.2, 0.25) is 5.91 Å². The van der Waals surface area contributed by atoms with Crippen LogP contribution in [0.3, 0.4) is 0 Å². The minimum atomic E-state index is -0.303. The predicted molar refractivity (Wildman–Crippen MR) is 86.1 cm³/mol. The number of ether oxygens (including phenoxy) is 1. The summed E-state index contributed by atoms with van der Waals surface area (Å²) in [5, 5.41) is 9.71. The molecule has 2 unspecified atom stereocenters. The van der Waals surface area contributed by atoms with Crippen molar-refractivity contribution in [2.75, 3.05) is 20.2 Å². The second kappa shape index (κ2) is 7.09. The summed E-state index contributed by atoms with van der Waals surface area (Å²) in [5.74, 6) is 0.817. The lowest BCUT2D eigenvalue weighted by atomic mass is 9.97. The fourth-order valence-corrected chi connectivity index (χ4v) is 2.81. The highest BCUT2D eigenvalue weighted by Crippen LogP contribution is 2.24. The Hall–Kier alpha value is -1.33. The number of halogens is 1. The highest BCUT2D eigenvalue weighted by atomic mass is 79.9. The Morgan fingerprint density at radius 2 is 2.29 bits per heavy atom. The fraction of sp³-hybridized carbons (Fsp3) is 0.438. The van der Waals surface area contributed by atoms with Gasteiger partial charge in [0, 0.05) is 29.2 Å². The maximum Gasteiger partial charge on any atom is 0.246 e. The molecule has 1 aromatic carbocycles. The highest BCUT2D eigenvalue weighted by Gasteiger charge is 2.25. The lowest BCUT2D eigenvalue weighted by Crippen LogP contribution is -2.44. The lowest BCUT2D eigenvalue weighted by Gasteiger charge is -2.33. The number of benzene rings is 1. The van der Waals surface area contributed by atoms with Crippen molar-refractivity contribution in [3.63, 3.8) is 0 Å². The molecule has 0 bridgehead atoms. The smallest absolute Gasteiger partial charge is 0.246 e. The van der Waals surface area contributed by atoms with Gasteiger partial charge >= 0.3 is 0 Å². The first kappa shape index (κ1) is 16.0. The number of hydrogen-bond donors (Lipinski definition) is 1. The molecule has 1 saturated heterocycles. The number of amides is 1. The minimum absolute atomic E-state index is 0.0317. The number of aliphatic hydroxyl groups excluding tert-OH is 1. The molecule has 0 spiro atoms. The second-order valence-corrected chi connectivity index (χ2v) is 6.25. The maximum absolute atomic E-state index is 12.2. The van der Waals surface area contributed by atoms with Gasteiger partial charge in [-0.1, -0.05) is 22.9 Å². The minimum Gasteiger partial charge on any atom is -0.496 e. The number of methoxy groups -OCH3 is 1.